The predicted octanol–water partition coefficient (Wildman–Crippen LogP) is -0.493. The lowest BCUT2D eigenvalue weighted by Gasteiger charge is -1.94. The van der Waals surface area contributed by atoms with Gasteiger partial charge in [0, 0.05) is 19.7 Å². The van der Waals surface area contributed by atoms with Crippen molar-refractivity contribution in [3.8, 4) is 0 Å². The summed E-state index contributed by atoms with van der Waals surface area (Å²) in [4.78, 5) is 0. The Labute approximate surface area is 61.4 Å². The summed E-state index contributed by atoms with van der Waals surface area (Å²) in [6.45, 7) is 1.77. The van der Waals surface area contributed by atoms with Crippen LogP contribution in [0.4, 0.5) is 0 Å². The van der Waals surface area contributed by atoms with Crippen LogP contribution in [0.2, 0.25) is 0 Å². The first-order chi connectivity index (χ1) is 4.91. The van der Waals surface area contributed by atoms with Crippen LogP contribution in [0, 0.1) is 0 Å². The maximum atomic E-state index is 8.36. The van der Waals surface area contributed by atoms with Crippen molar-refractivity contribution in [1.29, 1.82) is 0 Å². The molecule has 0 aromatic rings. The Kier molecular flexibility index (Phi) is 8.29. The highest BCUT2D eigenvalue weighted by atomic mass is 16.3. The van der Waals surface area contributed by atoms with Crippen LogP contribution in [-0.4, -0.2) is 36.5 Å². The molecule has 0 atom stereocenters. The topological polar surface area (TPSA) is 52.5 Å². The van der Waals surface area contributed by atoms with E-state index in [9.17, 15) is 0 Å². The van der Waals surface area contributed by atoms with Crippen LogP contribution in [0.3, 0.4) is 0 Å². The molecule has 0 aliphatic rings. The molecule has 0 amide bonds. The van der Waals surface area contributed by atoms with E-state index < -0.39 is 0 Å². The van der Waals surface area contributed by atoms with E-state index in [2.05, 4.69) is 5.32 Å². The minimum Gasteiger partial charge on any atom is -0.396 e. The standard InChI is InChI=1S/C7H15NO2/c9-6-3-1-2-4-8-5-7-10/h1-2,8-10H,3-7H2. The van der Waals surface area contributed by atoms with Crippen LogP contribution in [-0.2, 0) is 0 Å². The molecule has 0 saturated heterocycles. The lowest BCUT2D eigenvalue weighted by atomic mass is 10.4. The SMILES string of the molecule is OCCC=CCNCCO. The second kappa shape index (κ2) is 8.62. The van der Waals surface area contributed by atoms with Gasteiger partial charge in [-0.15, -0.1) is 0 Å². The van der Waals surface area contributed by atoms with E-state index in [1.54, 1.807) is 0 Å². The van der Waals surface area contributed by atoms with Crippen molar-refractivity contribution in [2.24, 2.45) is 0 Å². The Bertz CT molecular complexity index is 83.7. The van der Waals surface area contributed by atoms with Gasteiger partial charge in [-0.1, -0.05) is 12.2 Å². The summed E-state index contributed by atoms with van der Waals surface area (Å²) in [5.74, 6) is 0. The highest BCUT2D eigenvalue weighted by Crippen LogP contribution is 1.77. The molecule has 10 heavy (non-hydrogen) atoms. The molecule has 0 fully saturated rings. The first-order valence-corrected chi connectivity index (χ1v) is 3.49. The van der Waals surface area contributed by atoms with Gasteiger partial charge < -0.3 is 15.5 Å². The van der Waals surface area contributed by atoms with Crippen LogP contribution in [0.15, 0.2) is 12.2 Å². The molecule has 0 saturated carbocycles. The Morgan fingerprint density at radius 1 is 1.10 bits per heavy atom. The molecule has 0 bridgehead atoms. The molecule has 3 heteroatoms. The number of nitrogens with one attached hydrogen (secondary N) is 1. The third kappa shape index (κ3) is 7.62. The first kappa shape index (κ1) is 9.62. The maximum absolute atomic E-state index is 8.36. The van der Waals surface area contributed by atoms with Crippen LogP contribution < -0.4 is 5.32 Å². The summed E-state index contributed by atoms with van der Waals surface area (Å²) < 4.78 is 0. The molecule has 0 aliphatic carbocycles. The lowest BCUT2D eigenvalue weighted by Crippen LogP contribution is -2.17. The molecule has 60 valence electrons. The predicted molar refractivity (Wildman–Crippen MR) is 40.8 cm³/mol. The zero-order chi connectivity index (χ0) is 7.66. The third-order valence-corrected chi connectivity index (χ3v) is 1.01. The van der Waals surface area contributed by atoms with Crippen LogP contribution in [0.5, 0.6) is 0 Å². The molecular weight excluding hydrogens is 130 g/mol. The van der Waals surface area contributed by atoms with Crippen molar-refractivity contribution in [1.82, 2.24) is 5.32 Å². The largest absolute Gasteiger partial charge is 0.396 e. The number of aliphatic hydroxyl groups excluding tert-OH is 2. The van der Waals surface area contributed by atoms with E-state index in [1.807, 2.05) is 12.2 Å². The number of rotatable bonds is 6. The van der Waals surface area contributed by atoms with E-state index in [0.29, 0.717) is 13.0 Å². The molecule has 0 heterocycles. The van der Waals surface area contributed by atoms with Gasteiger partial charge in [-0.05, 0) is 6.42 Å². The minimum absolute atomic E-state index is 0.174. The Morgan fingerprint density at radius 2 is 1.90 bits per heavy atom. The Hall–Kier alpha value is -0.380. The Morgan fingerprint density at radius 3 is 2.50 bits per heavy atom. The quantitative estimate of drug-likeness (QED) is 0.349. The van der Waals surface area contributed by atoms with Gasteiger partial charge in [0.25, 0.3) is 0 Å². The summed E-state index contributed by atoms with van der Waals surface area (Å²) in [6, 6.07) is 0. The van der Waals surface area contributed by atoms with Gasteiger partial charge in [0.2, 0.25) is 0 Å². The summed E-state index contributed by atoms with van der Waals surface area (Å²) in [6.07, 6.45) is 4.55. The normalized spacial score (nSPS) is 11.0. The summed E-state index contributed by atoms with van der Waals surface area (Å²) in [5.41, 5.74) is 0. The fraction of sp³-hybridized carbons (Fsp3) is 0.714. The number of hydrogen-bond donors (Lipinski definition) is 3. The molecule has 0 unspecified atom stereocenters. The van der Waals surface area contributed by atoms with E-state index in [4.69, 9.17) is 10.2 Å². The maximum Gasteiger partial charge on any atom is 0.0556 e. The van der Waals surface area contributed by atoms with Gasteiger partial charge in [-0.25, -0.2) is 0 Å². The van der Waals surface area contributed by atoms with Crippen molar-refractivity contribution in [2.75, 3.05) is 26.3 Å². The fourth-order valence-electron chi connectivity index (χ4n) is 0.540. The van der Waals surface area contributed by atoms with Crippen LogP contribution >= 0.6 is 0 Å². The molecule has 0 radical (unpaired) electrons. The van der Waals surface area contributed by atoms with Crippen LogP contribution in [0.1, 0.15) is 6.42 Å². The lowest BCUT2D eigenvalue weighted by molar-refractivity contribution is 0.294. The average molecular weight is 145 g/mol. The molecule has 0 spiro atoms. The number of hydrogen-bond acceptors (Lipinski definition) is 3. The highest BCUT2D eigenvalue weighted by molar-refractivity contribution is 4.83. The molecule has 3 nitrogen and oxygen atoms in total. The van der Waals surface area contributed by atoms with Crippen molar-refractivity contribution >= 4 is 0 Å². The van der Waals surface area contributed by atoms with Crippen molar-refractivity contribution in [2.45, 2.75) is 6.42 Å². The van der Waals surface area contributed by atoms with Crippen LogP contribution in [0.25, 0.3) is 0 Å². The van der Waals surface area contributed by atoms with Gasteiger partial charge in [0.05, 0.1) is 6.61 Å². The van der Waals surface area contributed by atoms with Crippen molar-refractivity contribution in [3.05, 3.63) is 12.2 Å². The van der Waals surface area contributed by atoms with E-state index in [-0.39, 0.29) is 13.2 Å². The summed E-state index contributed by atoms with van der Waals surface area (Å²) >= 11 is 0. The zero-order valence-corrected chi connectivity index (χ0v) is 6.08. The van der Waals surface area contributed by atoms with Crippen molar-refractivity contribution < 1.29 is 10.2 Å². The molecule has 0 aliphatic heterocycles. The van der Waals surface area contributed by atoms with Gasteiger partial charge in [0.15, 0.2) is 0 Å². The average Bonchev–Trinajstić information content (AvgIpc) is 1.97. The second-order valence-electron chi connectivity index (χ2n) is 1.91. The smallest absolute Gasteiger partial charge is 0.0556 e. The molecule has 0 aromatic carbocycles. The van der Waals surface area contributed by atoms with E-state index >= 15 is 0 Å². The second-order valence-corrected chi connectivity index (χ2v) is 1.91. The molecule has 3 N–H and O–H groups in total. The van der Waals surface area contributed by atoms with Gasteiger partial charge >= 0.3 is 0 Å². The molecule has 0 rings (SSSR count). The van der Waals surface area contributed by atoms with Gasteiger partial charge in [-0.3, -0.25) is 0 Å². The zero-order valence-electron chi connectivity index (χ0n) is 6.08. The summed E-state index contributed by atoms with van der Waals surface area (Å²) in [5, 5.41) is 19.7. The highest BCUT2D eigenvalue weighted by Gasteiger charge is 1.78. The van der Waals surface area contributed by atoms with Crippen molar-refractivity contribution in [3.63, 3.8) is 0 Å². The Balaban J connectivity index is 2.88. The monoisotopic (exact) mass is 145 g/mol. The molecule has 0 aromatic heterocycles. The van der Waals surface area contributed by atoms with E-state index in [0.717, 1.165) is 6.54 Å². The number of aliphatic hydroxyl groups is 2. The fourth-order valence-corrected chi connectivity index (χ4v) is 0.540. The van der Waals surface area contributed by atoms with Gasteiger partial charge in [-0.2, -0.15) is 0 Å². The van der Waals surface area contributed by atoms with E-state index in [1.165, 1.54) is 0 Å². The summed E-state index contributed by atoms with van der Waals surface area (Å²) in [7, 11) is 0. The third-order valence-electron chi connectivity index (χ3n) is 1.01. The molecular formula is C7H15NO2. The minimum atomic E-state index is 0.174. The first-order valence-electron chi connectivity index (χ1n) is 3.49. The van der Waals surface area contributed by atoms with Gasteiger partial charge in [0.1, 0.15) is 0 Å².